The van der Waals surface area contributed by atoms with Crippen molar-refractivity contribution in [3.63, 3.8) is 0 Å². The molecule has 0 radical (unpaired) electrons. The van der Waals surface area contributed by atoms with E-state index in [1.165, 1.54) is 0 Å². The fourth-order valence-corrected chi connectivity index (χ4v) is 1.41. The van der Waals surface area contributed by atoms with Gasteiger partial charge in [-0.3, -0.25) is 0 Å². The van der Waals surface area contributed by atoms with E-state index in [2.05, 4.69) is 5.43 Å². The summed E-state index contributed by atoms with van der Waals surface area (Å²) < 4.78 is 5.10. The van der Waals surface area contributed by atoms with E-state index < -0.39 is 0 Å². The molecule has 3 N–H and O–H groups in total. The van der Waals surface area contributed by atoms with Gasteiger partial charge in [0.15, 0.2) is 0 Å². The Labute approximate surface area is 91.0 Å². The van der Waals surface area contributed by atoms with Crippen LogP contribution in [0.1, 0.15) is 11.6 Å². The number of hydrogen-bond donors (Lipinski definition) is 2. The van der Waals surface area contributed by atoms with E-state index in [0.717, 1.165) is 11.3 Å². The minimum absolute atomic E-state index is 0.144. The van der Waals surface area contributed by atoms with E-state index in [9.17, 15) is 0 Å². The Kier molecular flexibility index (Phi) is 4.55. The average Bonchev–Trinajstić information content (AvgIpc) is 2.26. The molecule has 0 aliphatic rings. The summed E-state index contributed by atoms with van der Waals surface area (Å²) in [6, 6.07) is 8.07. The lowest BCUT2D eigenvalue weighted by Crippen LogP contribution is -2.37. The predicted molar refractivity (Wildman–Crippen MR) is 61.6 cm³/mol. The fourth-order valence-electron chi connectivity index (χ4n) is 1.41. The van der Waals surface area contributed by atoms with Crippen molar-refractivity contribution in [1.29, 1.82) is 0 Å². The first-order valence-corrected chi connectivity index (χ1v) is 4.95. The molecule has 0 spiro atoms. The second kappa shape index (κ2) is 5.70. The highest BCUT2D eigenvalue weighted by molar-refractivity contribution is 5.29. The van der Waals surface area contributed by atoms with Crippen molar-refractivity contribution in [2.24, 2.45) is 5.73 Å². The van der Waals surface area contributed by atoms with Gasteiger partial charge in [0.05, 0.1) is 13.2 Å². The molecule has 15 heavy (non-hydrogen) atoms. The summed E-state index contributed by atoms with van der Waals surface area (Å²) in [4.78, 5) is 0. The lowest BCUT2D eigenvalue weighted by atomic mass is 10.1. The molecule has 4 nitrogen and oxygen atoms in total. The molecule has 0 aromatic heterocycles. The molecule has 1 rings (SSSR count). The number of benzene rings is 1. The van der Waals surface area contributed by atoms with E-state index in [1.807, 2.05) is 43.4 Å². The monoisotopic (exact) mass is 209 g/mol. The molecule has 0 saturated heterocycles. The Morgan fingerprint density at radius 1 is 1.33 bits per heavy atom. The Hall–Kier alpha value is -1.10. The van der Waals surface area contributed by atoms with Crippen LogP contribution in [0.4, 0.5) is 0 Å². The van der Waals surface area contributed by atoms with Crippen LogP contribution in [-0.4, -0.2) is 32.8 Å². The molecular weight excluding hydrogens is 190 g/mol. The third-order valence-electron chi connectivity index (χ3n) is 2.17. The zero-order valence-electron chi connectivity index (χ0n) is 9.53. The van der Waals surface area contributed by atoms with E-state index in [4.69, 9.17) is 10.5 Å². The van der Waals surface area contributed by atoms with Crippen molar-refractivity contribution < 1.29 is 4.74 Å². The quantitative estimate of drug-likeness (QED) is 0.703. The zero-order valence-corrected chi connectivity index (χ0v) is 9.53. The van der Waals surface area contributed by atoms with Crippen LogP contribution >= 0.6 is 0 Å². The highest BCUT2D eigenvalue weighted by Gasteiger charge is 2.09. The Morgan fingerprint density at radius 3 is 2.33 bits per heavy atom. The molecule has 1 atom stereocenters. The predicted octanol–water partition coefficient (Wildman–Crippen LogP) is 0.761. The van der Waals surface area contributed by atoms with Gasteiger partial charge < -0.3 is 10.5 Å². The highest BCUT2D eigenvalue weighted by atomic mass is 16.5. The largest absolute Gasteiger partial charge is 0.497 e. The maximum atomic E-state index is 5.70. The molecule has 0 amide bonds. The minimum atomic E-state index is 0.144. The Morgan fingerprint density at radius 2 is 1.93 bits per heavy atom. The topological polar surface area (TPSA) is 50.5 Å². The summed E-state index contributed by atoms with van der Waals surface area (Å²) in [5, 5.41) is 1.90. The lowest BCUT2D eigenvalue weighted by Gasteiger charge is -2.22. The molecule has 0 aliphatic heterocycles. The number of methoxy groups -OCH3 is 1. The van der Waals surface area contributed by atoms with Crippen molar-refractivity contribution in [1.82, 2.24) is 10.4 Å². The number of nitrogens with two attached hydrogens (primary N) is 1. The number of hydrogen-bond acceptors (Lipinski definition) is 4. The fraction of sp³-hybridized carbons (Fsp3) is 0.455. The first-order chi connectivity index (χ1) is 7.17. The van der Waals surface area contributed by atoms with Gasteiger partial charge in [0.1, 0.15) is 5.75 Å². The van der Waals surface area contributed by atoms with E-state index in [-0.39, 0.29) is 6.04 Å². The molecule has 1 aromatic rings. The van der Waals surface area contributed by atoms with Crippen molar-refractivity contribution in [3.05, 3.63) is 29.8 Å². The van der Waals surface area contributed by atoms with Crippen LogP contribution in [0.15, 0.2) is 24.3 Å². The number of hydrazine groups is 1. The van der Waals surface area contributed by atoms with Gasteiger partial charge in [-0.1, -0.05) is 12.1 Å². The maximum Gasteiger partial charge on any atom is 0.118 e. The summed E-state index contributed by atoms with van der Waals surface area (Å²) in [7, 11) is 5.56. The van der Waals surface area contributed by atoms with Gasteiger partial charge in [0.25, 0.3) is 0 Å². The normalized spacial score (nSPS) is 12.9. The summed E-state index contributed by atoms with van der Waals surface area (Å²) in [6.07, 6.45) is 0. The first kappa shape index (κ1) is 12.0. The van der Waals surface area contributed by atoms with Crippen LogP contribution in [0.5, 0.6) is 5.75 Å². The van der Waals surface area contributed by atoms with Gasteiger partial charge in [-0.2, -0.15) is 0 Å². The van der Waals surface area contributed by atoms with Crippen LogP contribution in [-0.2, 0) is 0 Å². The van der Waals surface area contributed by atoms with Gasteiger partial charge in [-0.25, -0.2) is 10.4 Å². The number of nitrogens with zero attached hydrogens (tertiary/aromatic N) is 1. The average molecular weight is 209 g/mol. The van der Waals surface area contributed by atoms with Crippen LogP contribution in [0.25, 0.3) is 0 Å². The number of nitrogens with one attached hydrogen (secondary N) is 1. The van der Waals surface area contributed by atoms with Gasteiger partial charge in [0.2, 0.25) is 0 Å². The molecular formula is C11H19N3O. The second-order valence-corrected chi connectivity index (χ2v) is 3.58. The van der Waals surface area contributed by atoms with Crippen LogP contribution < -0.4 is 15.9 Å². The van der Waals surface area contributed by atoms with Crippen molar-refractivity contribution in [3.8, 4) is 5.75 Å². The number of rotatable bonds is 5. The molecule has 84 valence electrons. The lowest BCUT2D eigenvalue weighted by molar-refractivity contribution is 0.245. The van der Waals surface area contributed by atoms with Crippen LogP contribution in [0.2, 0.25) is 0 Å². The molecule has 0 fully saturated rings. The zero-order chi connectivity index (χ0) is 11.3. The summed E-state index contributed by atoms with van der Waals surface area (Å²) in [5.74, 6) is 0.861. The highest BCUT2D eigenvalue weighted by Crippen LogP contribution is 2.16. The maximum absolute atomic E-state index is 5.70. The third kappa shape index (κ3) is 3.51. The van der Waals surface area contributed by atoms with Gasteiger partial charge >= 0.3 is 0 Å². The summed E-state index contributed by atoms with van der Waals surface area (Å²) in [5.41, 5.74) is 10.1. The van der Waals surface area contributed by atoms with E-state index >= 15 is 0 Å². The van der Waals surface area contributed by atoms with Crippen LogP contribution in [0, 0.1) is 0 Å². The first-order valence-electron chi connectivity index (χ1n) is 4.95. The molecule has 0 bridgehead atoms. The van der Waals surface area contributed by atoms with Crippen molar-refractivity contribution in [2.45, 2.75) is 6.04 Å². The molecule has 0 saturated carbocycles. The molecule has 0 heterocycles. The molecule has 1 aromatic carbocycles. The minimum Gasteiger partial charge on any atom is -0.497 e. The van der Waals surface area contributed by atoms with Gasteiger partial charge in [-0.15, -0.1) is 0 Å². The van der Waals surface area contributed by atoms with E-state index in [0.29, 0.717) is 6.54 Å². The Balaban J connectivity index is 2.74. The summed E-state index contributed by atoms with van der Waals surface area (Å²) >= 11 is 0. The molecule has 1 unspecified atom stereocenters. The van der Waals surface area contributed by atoms with Crippen molar-refractivity contribution >= 4 is 0 Å². The standard InChI is InChI=1S/C11H19N3O/c1-14(2)13-11(8-12)9-4-6-10(15-3)7-5-9/h4-7,11,13H,8,12H2,1-3H3. The van der Waals surface area contributed by atoms with E-state index in [1.54, 1.807) is 7.11 Å². The molecule has 4 heteroatoms. The summed E-state index contributed by atoms with van der Waals surface area (Å²) in [6.45, 7) is 0.560. The third-order valence-corrected chi connectivity index (χ3v) is 2.17. The molecule has 0 aliphatic carbocycles. The van der Waals surface area contributed by atoms with Gasteiger partial charge in [0, 0.05) is 20.6 Å². The van der Waals surface area contributed by atoms with Crippen LogP contribution in [0.3, 0.4) is 0 Å². The SMILES string of the molecule is COc1ccc(C(CN)NN(C)C)cc1. The number of ether oxygens (including phenoxy) is 1. The van der Waals surface area contributed by atoms with Gasteiger partial charge in [-0.05, 0) is 17.7 Å². The second-order valence-electron chi connectivity index (χ2n) is 3.58. The Bertz CT molecular complexity index is 284. The van der Waals surface area contributed by atoms with Crippen molar-refractivity contribution in [2.75, 3.05) is 27.7 Å². The smallest absolute Gasteiger partial charge is 0.118 e.